The molecule has 0 aliphatic carbocycles. The minimum Gasteiger partial charge on any atom is -0.495 e. The summed E-state index contributed by atoms with van der Waals surface area (Å²) in [6.45, 7) is 6.33. The Morgan fingerprint density at radius 3 is 2.83 bits per heavy atom. The number of benzene rings is 1. The molecule has 0 amide bonds. The number of allylic oxidation sites excluding steroid dienone is 1. The second kappa shape index (κ2) is 7.03. The number of ether oxygens (including phenoxy) is 1. The number of hydrogen-bond donors (Lipinski definition) is 1. The molecule has 0 bridgehead atoms. The van der Waals surface area contributed by atoms with E-state index in [0.717, 1.165) is 18.4 Å². The highest BCUT2D eigenvalue weighted by molar-refractivity contribution is 7.89. The molecule has 1 aliphatic rings. The zero-order valence-corrected chi connectivity index (χ0v) is 14.6. The first kappa shape index (κ1) is 18.0. The molecular formula is C17H25NO4S. The first-order valence-corrected chi connectivity index (χ1v) is 9.19. The molecule has 1 saturated heterocycles. The Morgan fingerprint density at radius 1 is 1.48 bits per heavy atom. The van der Waals surface area contributed by atoms with Crippen LogP contribution in [0.2, 0.25) is 0 Å². The van der Waals surface area contributed by atoms with Crippen molar-refractivity contribution in [3.8, 4) is 5.75 Å². The van der Waals surface area contributed by atoms with E-state index in [4.69, 9.17) is 4.74 Å². The Hall–Kier alpha value is -1.37. The molecule has 1 atom stereocenters. The lowest BCUT2D eigenvalue weighted by Gasteiger charge is -2.40. The van der Waals surface area contributed by atoms with E-state index < -0.39 is 15.4 Å². The van der Waals surface area contributed by atoms with Gasteiger partial charge in [0.15, 0.2) is 0 Å². The van der Waals surface area contributed by atoms with Crippen molar-refractivity contribution in [1.29, 1.82) is 0 Å². The van der Waals surface area contributed by atoms with Crippen LogP contribution in [-0.4, -0.2) is 44.6 Å². The Balaban J connectivity index is 2.38. The van der Waals surface area contributed by atoms with Crippen LogP contribution in [0, 0.1) is 12.3 Å². The summed E-state index contributed by atoms with van der Waals surface area (Å²) >= 11 is 0. The second-order valence-electron chi connectivity index (χ2n) is 6.25. The number of methoxy groups -OCH3 is 1. The normalized spacial score (nSPS) is 22.7. The van der Waals surface area contributed by atoms with Crippen LogP contribution < -0.4 is 4.74 Å². The van der Waals surface area contributed by atoms with E-state index in [1.54, 1.807) is 24.3 Å². The van der Waals surface area contributed by atoms with Crippen LogP contribution in [-0.2, 0) is 10.0 Å². The maximum absolute atomic E-state index is 13.0. The third-order valence-corrected chi connectivity index (χ3v) is 6.36. The van der Waals surface area contributed by atoms with Crippen LogP contribution in [0.25, 0.3) is 0 Å². The van der Waals surface area contributed by atoms with Crippen LogP contribution in [0.4, 0.5) is 0 Å². The zero-order chi connectivity index (χ0) is 17.1. The highest BCUT2D eigenvalue weighted by atomic mass is 32.2. The summed E-state index contributed by atoms with van der Waals surface area (Å²) in [4.78, 5) is 0.179. The molecule has 1 aromatic rings. The lowest BCUT2D eigenvalue weighted by atomic mass is 9.79. The predicted octanol–water partition coefficient (Wildman–Crippen LogP) is 2.34. The molecule has 0 spiro atoms. The van der Waals surface area contributed by atoms with Gasteiger partial charge >= 0.3 is 0 Å². The number of sulfonamides is 1. The molecule has 1 fully saturated rings. The summed E-state index contributed by atoms with van der Waals surface area (Å²) in [5.41, 5.74) is 0.501. The van der Waals surface area contributed by atoms with Gasteiger partial charge in [0.05, 0.1) is 13.7 Å². The Morgan fingerprint density at radius 2 is 2.22 bits per heavy atom. The van der Waals surface area contributed by atoms with Gasteiger partial charge in [0, 0.05) is 18.5 Å². The monoisotopic (exact) mass is 339 g/mol. The van der Waals surface area contributed by atoms with Crippen molar-refractivity contribution in [1.82, 2.24) is 4.31 Å². The number of aliphatic hydroxyl groups excluding tert-OH is 1. The van der Waals surface area contributed by atoms with E-state index in [1.165, 1.54) is 11.4 Å². The number of aliphatic hydroxyl groups is 1. The lowest BCUT2D eigenvalue weighted by Crippen LogP contribution is -2.47. The van der Waals surface area contributed by atoms with E-state index in [2.05, 4.69) is 6.58 Å². The average Bonchev–Trinajstić information content (AvgIpc) is 2.55. The second-order valence-corrected chi connectivity index (χ2v) is 8.15. The van der Waals surface area contributed by atoms with Crippen LogP contribution in [0.1, 0.15) is 24.8 Å². The quantitative estimate of drug-likeness (QED) is 0.808. The molecule has 1 N–H and O–H groups in total. The molecule has 1 heterocycles. The molecule has 6 heteroatoms. The molecular weight excluding hydrogens is 314 g/mol. The Labute approximate surface area is 138 Å². The summed E-state index contributed by atoms with van der Waals surface area (Å²) in [5, 5.41) is 9.77. The average molecular weight is 339 g/mol. The topological polar surface area (TPSA) is 66.8 Å². The van der Waals surface area contributed by atoms with Gasteiger partial charge in [-0.2, -0.15) is 4.31 Å². The number of nitrogens with zero attached hydrogens (tertiary/aromatic N) is 1. The van der Waals surface area contributed by atoms with Crippen molar-refractivity contribution in [2.24, 2.45) is 5.41 Å². The van der Waals surface area contributed by atoms with Crippen LogP contribution in [0.15, 0.2) is 35.7 Å². The molecule has 5 nitrogen and oxygen atoms in total. The maximum Gasteiger partial charge on any atom is 0.246 e. The molecule has 23 heavy (non-hydrogen) atoms. The van der Waals surface area contributed by atoms with Gasteiger partial charge in [0.1, 0.15) is 10.6 Å². The molecule has 128 valence electrons. The SMILES string of the molecule is C=CCC1(CO)CCCN(S(=O)(=O)c2ccc(C)cc2OC)C1. The molecule has 2 rings (SSSR count). The van der Waals surface area contributed by atoms with Crippen LogP contribution >= 0.6 is 0 Å². The smallest absolute Gasteiger partial charge is 0.246 e. The summed E-state index contributed by atoms with van der Waals surface area (Å²) in [7, 11) is -2.19. The van der Waals surface area contributed by atoms with Crippen LogP contribution in [0.5, 0.6) is 5.75 Å². The number of piperidine rings is 1. The van der Waals surface area contributed by atoms with Crippen molar-refractivity contribution in [2.75, 3.05) is 26.8 Å². The molecule has 0 radical (unpaired) electrons. The fourth-order valence-corrected chi connectivity index (χ4v) is 4.89. The highest BCUT2D eigenvalue weighted by Crippen LogP contribution is 2.37. The highest BCUT2D eigenvalue weighted by Gasteiger charge is 2.39. The van der Waals surface area contributed by atoms with Gasteiger partial charge in [-0.15, -0.1) is 6.58 Å². The van der Waals surface area contributed by atoms with Gasteiger partial charge in [0.25, 0.3) is 0 Å². The molecule has 1 aliphatic heterocycles. The summed E-state index contributed by atoms with van der Waals surface area (Å²) in [6, 6.07) is 5.08. The van der Waals surface area contributed by atoms with Gasteiger partial charge in [0.2, 0.25) is 10.0 Å². The van der Waals surface area contributed by atoms with Gasteiger partial charge in [-0.1, -0.05) is 12.1 Å². The number of rotatable bonds is 6. The van der Waals surface area contributed by atoms with Gasteiger partial charge < -0.3 is 9.84 Å². The van der Waals surface area contributed by atoms with Gasteiger partial charge in [-0.25, -0.2) is 8.42 Å². The van der Waals surface area contributed by atoms with Gasteiger partial charge in [-0.3, -0.25) is 0 Å². The van der Waals surface area contributed by atoms with Crippen molar-refractivity contribution in [2.45, 2.75) is 31.1 Å². The standard InChI is InChI=1S/C17H25NO4S/c1-4-8-17(13-19)9-5-10-18(12-17)23(20,21)16-7-6-14(2)11-15(16)22-3/h4,6-7,11,19H,1,5,8-10,12-13H2,2-3H3. The summed E-state index contributed by atoms with van der Waals surface area (Å²) < 4.78 is 32.8. The molecule has 1 aromatic carbocycles. The molecule has 1 unspecified atom stereocenters. The van der Waals surface area contributed by atoms with Crippen molar-refractivity contribution >= 4 is 10.0 Å². The minimum atomic E-state index is -3.66. The Bertz CT molecular complexity index is 671. The predicted molar refractivity (Wildman–Crippen MR) is 90.1 cm³/mol. The fraction of sp³-hybridized carbons (Fsp3) is 0.529. The van der Waals surface area contributed by atoms with E-state index in [-0.39, 0.29) is 11.5 Å². The molecule has 0 aromatic heterocycles. The van der Waals surface area contributed by atoms with Crippen molar-refractivity contribution in [3.05, 3.63) is 36.4 Å². The van der Waals surface area contributed by atoms with E-state index >= 15 is 0 Å². The fourth-order valence-electron chi connectivity index (χ4n) is 3.16. The van der Waals surface area contributed by atoms with Crippen LogP contribution in [0.3, 0.4) is 0 Å². The lowest BCUT2D eigenvalue weighted by molar-refractivity contribution is 0.0669. The number of hydrogen-bond acceptors (Lipinski definition) is 4. The van der Waals surface area contributed by atoms with E-state index in [0.29, 0.717) is 25.3 Å². The third-order valence-electron chi connectivity index (χ3n) is 4.48. The number of aryl methyl sites for hydroxylation is 1. The van der Waals surface area contributed by atoms with E-state index in [1.807, 2.05) is 6.92 Å². The third kappa shape index (κ3) is 3.59. The summed E-state index contributed by atoms with van der Waals surface area (Å²) in [5.74, 6) is 0.355. The summed E-state index contributed by atoms with van der Waals surface area (Å²) in [6.07, 6.45) is 3.87. The van der Waals surface area contributed by atoms with E-state index in [9.17, 15) is 13.5 Å². The van der Waals surface area contributed by atoms with Crippen molar-refractivity contribution in [3.63, 3.8) is 0 Å². The Kier molecular flexibility index (Phi) is 5.49. The van der Waals surface area contributed by atoms with Gasteiger partial charge in [-0.05, 0) is 43.9 Å². The molecule has 0 saturated carbocycles. The zero-order valence-electron chi connectivity index (χ0n) is 13.8. The maximum atomic E-state index is 13.0. The minimum absolute atomic E-state index is 0.0456. The van der Waals surface area contributed by atoms with Crippen molar-refractivity contribution < 1.29 is 18.3 Å². The largest absolute Gasteiger partial charge is 0.495 e. The first-order valence-electron chi connectivity index (χ1n) is 7.75. The first-order chi connectivity index (χ1) is 10.9.